The molecule has 0 spiro atoms. The van der Waals surface area contributed by atoms with Crippen molar-refractivity contribution >= 4 is 17.0 Å². The number of ether oxygens (including phenoxy) is 1. The minimum absolute atomic E-state index is 0.160. The van der Waals surface area contributed by atoms with Gasteiger partial charge in [0, 0.05) is 0 Å². The van der Waals surface area contributed by atoms with Crippen molar-refractivity contribution in [1.29, 1.82) is 0 Å². The summed E-state index contributed by atoms with van der Waals surface area (Å²) in [6, 6.07) is 7.73. The van der Waals surface area contributed by atoms with Gasteiger partial charge in [-0.05, 0) is 18.6 Å². The third kappa shape index (κ3) is 12.2. The summed E-state index contributed by atoms with van der Waals surface area (Å²) in [4.78, 5) is 13.5. The van der Waals surface area contributed by atoms with E-state index < -0.39 is 0 Å². The standard InChI is InChI=1S/C27H45N3O2/c1-2-3-4-5-6-7-8-9-10-11-12-13-14-15-16-19-24-32-27(31)22-23-30-28-25-20-17-18-21-26(25)29-30/h17-18,20-21H,2-16,19,22-24H2,1H3. The van der Waals surface area contributed by atoms with Gasteiger partial charge in [0.1, 0.15) is 11.0 Å². The Morgan fingerprint density at radius 3 is 1.62 bits per heavy atom. The van der Waals surface area contributed by atoms with E-state index in [1.165, 1.54) is 89.9 Å². The maximum Gasteiger partial charge on any atom is 0.307 e. The minimum atomic E-state index is -0.160. The maximum atomic E-state index is 11.9. The van der Waals surface area contributed by atoms with E-state index in [1.54, 1.807) is 4.80 Å². The van der Waals surface area contributed by atoms with Crippen molar-refractivity contribution in [2.75, 3.05) is 6.61 Å². The summed E-state index contributed by atoms with van der Waals surface area (Å²) >= 11 is 0. The van der Waals surface area contributed by atoms with Crippen LogP contribution < -0.4 is 0 Å². The van der Waals surface area contributed by atoms with Gasteiger partial charge in [-0.25, -0.2) is 0 Å². The molecule has 0 radical (unpaired) electrons. The van der Waals surface area contributed by atoms with Gasteiger partial charge in [0.15, 0.2) is 0 Å². The van der Waals surface area contributed by atoms with Crippen molar-refractivity contribution in [3.63, 3.8) is 0 Å². The molecule has 32 heavy (non-hydrogen) atoms. The molecule has 180 valence electrons. The van der Waals surface area contributed by atoms with Crippen LogP contribution in [-0.4, -0.2) is 27.6 Å². The normalized spacial score (nSPS) is 11.3. The van der Waals surface area contributed by atoms with Gasteiger partial charge in [-0.15, -0.1) is 0 Å². The SMILES string of the molecule is CCCCCCCCCCCCCCCCCCOC(=O)CCn1nc2ccccc2n1. The average molecular weight is 444 g/mol. The maximum absolute atomic E-state index is 11.9. The monoisotopic (exact) mass is 443 g/mol. The van der Waals surface area contributed by atoms with Gasteiger partial charge in [0.05, 0.1) is 19.6 Å². The molecule has 0 bridgehead atoms. The summed E-state index contributed by atoms with van der Waals surface area (Å²) in [5.41, 5.74) is 1.71. The third-order valence-corrected chi connectivity index (χ3v) is 6.10. The number of rotatable bonds is 20. The zero-order valence-corrected chi connectivity index (χ0v) is 20.4. The van der Waals surface area contributed by atoms with Gasteiger partial charge in [0.2, 0.25) is 0 Å². The van der Waals surface area contributed by atoms with Crippen LogP contribution >= 0.6 is 0 Å². The lowest BCUT2D eigenvalue weighted by molar-refractivity contribution is -0.144. The molecule has 0 aliphatic rings. The number of hydrogen-bond donors (Lipinski definition) is 0. The molecule has 0 fully saturated rings. The molecule has 0 unspecified atom stereocenters. The van der Waals surface area contributed by atoms with Crippen LogP contribution in [-0.2, 0) is 16.1 Å². The van der Waals surface area contributed by atoms with E-state index in [0.717, 1.165) is 23.9 Å². The average Bonchev–Trinajstić information content (AvgIpc) is 3.23. The van der Waals surface area contributed by atoms with Gasteiger partial charge in [-0.1, -0.05) is 115 Å². The number of carbonyl (C=O) groups is 1. The predicted octanol–water partition coefficient (Wildman–Crippen LogP) is 7.63. The van der Waals surface area contributed by atoms with Crippen LogP contribution in [0.5, 0.6) is 0 Å². The van der Waals surface area contributed by atoms with Crippen molar-refractivity contribution in [3.05, 3.63) is 24.3 Å². The van der Waals surface area contributed by atoms with E-state index in [1.807, 2.05) is 24.3 Å². The molecule has 0 amide bonds. The van der Waals surface area contributed by atoms with E-state index in [4.69, 9.17) is 4.74 Å². The Balaban J connectivity index is 1.31. The number of aromatic nitrogens is 3. The predicted molar refractivity (Wildman–Crippen MR) is 133 cm³/mol. The van der Waals surface area contributed by atoms with Crippen molar-refractivity contribution in [3.8, 4) is 0 Å². The van der Waals surface area contributed by atoms with Gasteiger partial charge in [-0.2, -0.15) is 15.0 Å². The van der Waals surface area contributed by atoms with Crippen molar-refractivity contribution in [1.82, 2.24) is 15.0 Å². The molecule has 0 N–H and O–H groups in total. The molecule has 1 aromatic carbocycles. The van der Waals surface area contributed by atoms with Crippen LogP contribution in [0.25, 0.3) is 11.0 Å². The zero-order valence-electron chi connectivity index (χ0n) is 20.4. The highest BCUT2D eigenvalue weighted by Crippen LogP contribution is 2.14. The number of esters is 1. The summed E-state index contributed by atoms with van der Waals surface area (Å²) < 4.78 is 5.35. The van der Waals surface area contributed by atoms with Crippen LogP contribution in [0.1, 0.15) is 116 Å². The van der Waals surface area contributed by atoms with Crippen LogP contribution in [0.3, 0.4) is 0 Å². The lowest BCUT2D eigenvalue weighted by Crippen LogP contribution is -2.11. The molecule has 0 aliphatic heterocycles. The van der Waals surface area contributed by atoms with E-state index in [-0.39, 0.29) is 5.97 Å². The van der Waals surface area contributed by atoms with Crippen LogP contribution in [0.15, 0.2) is 24.3 Å². The Bertz CT molecular complexity index is 696. The Morgan fingerprint density at radius 2 is 1.16 bits per heavy atom. The summed E-state index contributed by atoms with van der Waals surface area (Å²) in [5, 5.41) is 8.73. The quantitative estimate of drug-likeness (QED) is 0.156. The summed E-state index contributed by atoms with van der Waals surface area (Å²) in [5.74, 6) is -0.160. The third-order valence-electron chi connectivity index (χ3n) is 6.10. The minimum Gasteiger partial charge on any atom is -0.466 e. The lowest BCUT2D eigenvalue weighted by Gasteiger charge is -2.05. The van der Waals surface area contributed by atoms with Crippen LogP contribution in [0.2, 0.25) is 0 Å². The topological polar surface area (TPSA) is 57.0 Å². The first-order valence-corrected chi connectivity index (χ1v) is 13.2. The Hall–Kier alpha value is -1.91. The molecule has 0 saturated carbocycles. The largest absolute Gasteiger partial charge is 0.466 e. The van der Waals surface area contributed by atoms with E-state index >= 15 is 0 Å². The van der Waals surface area contributed by atoms with Gasteiger partial charge < -0.3 is 4.74 Å². The van der Waals surface area contributed by atoms with Crippen molar-refractivity contribution in [2.24, 2.45) is 0 Å². The second kappa shape index (κ2) is 17.6. The number of aryl methyl sites for hydroxylation is 1. The molecule has 5 nitrogen and oxygen atoms in total. The molecule has 2 aromatic rings. The molecule has 2 rings (SSSR count). The first kappa shape index (κ1) is 26.3. The molecule has 0 saturated heterocycles. The lowest BCUT2D eigenvalue weighted by atomic mass is 10.0. The molecule has 0 aliphatic carbocycles. The van der Waals surface area contributed by atoms with E-state index in [2.05, 4.69) is 17.1 Å². The van der Waals surface area contributed by atoms with Gasteiger partial charge in [0.25, 0.3) is 0 Å². The number of nitrogens with zero attached hydrogens (tertiary/aromatic N) is 3. The number of hydrogen-bond acceptors (Lipinski definition) is 4. The smallest absolute Gasteiger partial charge is 0.307 e. The number of benzene rings is 1. The highest BCUT2D eigenvalue weighted by Gasteiger charge is 2.06. The molecular weight excluding hydrogens is 398 g/mol. The molecule has 1 aromatic heterocycles. The highest BCUT2D eigenvalue weighted by molar-refractivity contribution is 5.73. The van der Waals surface area contributed by atoms with Crippen molar-refractivity contribution in [2.45, 2.75) is 123 Å². The molecule has 1 heterocycles. The summed E-state index contributed by atoms with van der Waals surface area (Å²) in [6.45, 7) is 3.28. The fourth-order valence-corrected chi connectivity index (χ4v) is 4.10. The Kier molecular flexibility index (Phi) is 14.5. The number of unbranched alkanes of at least 4 members (excludes halogenated alkanes) is 15. The molecule has 5 heteroatoms. The molecule has 0 atom stereocenters. The Labute approximate surface area is 195 Å². The van der Waals surface area contributed by atoms with E-state index in [0.29, 0.717) is 19.6 Å². The fourth-order valence-electron chi connectivity index (χ4n) is 4.10. The summed E-state index contributed by atoms with van der Waals surface area (Å²) in [7, 11) is 0. The fraction of sp³-hybridized carbons (Fsp3) is 0.741. The van der Waals surface area contributed by atoms with E-state index in [9.17, 15) is 4.79 Å². The second-order valence-electron chi connectivity index (χ2n) is 9.06. The first-order chi connectivity index (χ1) is 15.8. The van der Waals surface area contributed by atoms with Crippen molar-refractivity contribution < 1.29 is 9.53 Å². The highest BCUT2D eigenvalue weighted by atomic mass is 16.5. The molecular formula is C27H45N3O2. The number of fused-ring (bicyclic) bond motifs is 1. The van der Waals surface area contributed by atoms with Crippen LogP contribution in [0.4, 0.5) is 0 Å². The van der Waals surface area contributed by atoms with Gasteiger partial charge >= 0.3 is 5.97 Å². The summed E-state index contributed by atoms with van der Waals surface area (Å²) in [6.07, 6.45) is 21.9. The second-order valence-corrected chi connectivity index (χ2v) is 9.06. The Morgan fingerprint density at radius 1 is 0.719 bits per heavy atom. The number of carbonyl (C=O) groups excluding carboxylic acids is 1. The first-order valence-electron chi connectivity index (χ1n) is 13.2. The zero-order chi connectivity index (χ0) is 22.7. The van der Waals surface area contributed by atoms with Gasteiger partial charge in [-0.3, -0.25) is 4.79 Å². The van der Waals surface area contributed by atoms with Crippen LogP contribution in [0, 0.1) is 0 Å².